The Morgan fingerprint density at radius 1 is 1.15 bits per heavy atom. The van der Waals surface area contributed by atoms with Crippen molar-refractivity contribution in [3.8, 4) is 5.75 Å². The van der Waals surface area contributed by atoms with Crippen LogP contribution in [0.1, 0.15) is 24.1 Å². The summed E-state index contributed by atoms with van der Waals surface area (Å²) in [5.41, 5.74) is 1.37. The van der Waals surface area contributed by atoms with Gasteiger partial charge in [0.05, 0.1) is 23.5 Å². The lowest BCUT2D eigenvalue weighted by Gasteiger charge is -2.22. The van der Waals surface area contributed by atoms with Crippen LogP contribution in [0.4, 0.5) is 0 Å². The summed E-state index contributed by atoms with van der Waals surface area (Å²) in [7, 11) is 1.74. The number of benzene rings is 2. The molecule has 0 saturated heterocycles. The van der Waals surface area contributed by atoms with Gasteiger partial charge in [-0.25, -0.2) is 5.10 Å². The fourth-order valence-corrected chi connectivity index (χ4v) is 3.03. The number of para-hydroxylation sites is 1. The number of likely N-dealkylation sites (N-methyl/N-ethyl adjacent to an activating group) is 1. The van der Waals surface area contributed by atoms with Crippen LogP contribution in [-0.2, 0) is 4.79 Å². The van der Waals surface area contributed by atoms with Gasteiger partial charge in [-0.3, -0.25) is 9.59 Å². The first-order chi connectivity index (χ1) is 13.0. The zero-order valence-electron chi connectivity index (χ0n) is 15.7. The van der Waals surface area contributed by atoms with E-state index in [9.17, 15) is 9.59 Å². The van der Waals surface area contributed by atoms with E-state index >= 15 is 0 Å². The van der Waals surface area contributed by atoms with Gasteiger partial charge in [-0.2, -0.15) is 5.10 Å². The molecule has 2 aromatic carbocycles. The normalized spacial score (nSPS) is 12.0. The maximum Gasteiger partial charge on any atom is 0.272 e. The van der Waals surface area contributed by atoms with Crippen molar-refractivity contribution in [2.75, 3.05) is 20.2 Å². The number of hydrogen-bond donors (Lipinski definition) is 1. The molecule has 1 atom stereocenters. The molecule has 1 aromatic heterocycles. The minimum absolute atomic E-state index is 0.0758. The second-order valence-corrected chi connectivity index (χ2v) is 6.58. The molecule has 0 aliphatic rings. The second kappa shape index (κ2) is 8.03. The van der Waals surface area contributed by atoms with E-state index in [0.29, 0.717) is 29.6 Å². The number of nitrogens with one attached hydrogen (secondary N) is 1. The van der Waals surface area contributed by atoms with Crippen molar-refractivity contribution < 1.29 is 9.53 Å². The van der Waals surface area contributed by atoms with E-state index in [-0.39, 0.29) is 11.5 Å². The van der Waals surface area contributed by atoms with E-state index in [1.807, 2.05) is 43.3 Å². The van der Waals surface area contributed by atoms with Crippen LogP contribution in [-0.4, -0.2) is 41.2 Å². The van der Waals surface area contributed by atoms with Crippen molar-refractivity contribution in [1.29, 1.82) is 0 Å². The number of fused-ring (bicyclic) bond motifs is 1. The van der Waals surface area contributed by atoms with Crippen molar-refractivity contribution >= 4 is 16.7 Å². The van der Waals surface area contributed by atoms with Crippen LogP contribution >= 0.6 is 0 Å². The quantitative estimate of drug-likeness (QED) is 0.729. The lowest BCUT2D eigenvalue weighted by molar-refractivity contribution is -0.131. The number of amides is 1. The smallest absolute Gasteiger partial charge is 0.272 e. The third kappa shape index (κ3) is 4.00. The molecule has 0 bridgehead atoms. The molecule has 3 rings (SSSR count). The summed E-state index contributed by atoms with van der Waals surface area (Å²) in [6.45, 7) is 4.64. The SMILES string of the molecule is Cc1ccccc1OCCN(C)C(=O)C(C)c1n[nH]c(=O)c2ccccc12. The summed E-state index contributed by atoms with van der Waals surface area (Å²) >= 11 is 0. The van der Waals surface area contributed by atoms with Gasteiger partial charge in [0.15, 0.2) is 0 Å². The minimum atomic E-state index is -0.477. The van der Waals surface area contributed by atoms with Gasteiger partial charge in [-0.15, -0.1) is 0 Å². The maximum absolute atomic E-state index is 12.8. The fraction of sp³-hybridized carbons (Fsp3) is 0.286. The van der Waals surface area contributed by atoms with E-state index in [1.165, 1.54) is 0 Å². The highest BCUT2D eigenvalue weighted by Gasteiger charge is 2.23. The van der Waals surface area contributed by atoms with Crippen LogP contribution in [0.15, 0.2) is 53.3 Å². The van der Waals surface area contributed by atoms with Gasteiger partial charge in [0.2, 0.25) is 5.91 Å². The highest BCUT2D eigenvalue weighted by molar-refractivity contribution is 5.90. The van der Waals surface area contributed by atoms with Crippen LogP contribution < -0.4 is 10.3 Å². The highest BCUT2D eigenvalue weighted by atomic mass is 16.5. The van der Waals surface area contributed by atoms with Crippen molar-refractivity contribution in [1.82, 2.24) is 15.1 Å². The zero-order chi connectivity index (χ0) is 19.4. The molecule has 6 nitrogen and oxygen atoms in total. The molecule has 0 saturated carbocycles. The Hall–Kier alpha value is -3.15. The first-order valence-corrected chi connectivity index (χ1v) is 8.89. The van der Waals surface area contributed by atoms with E-state index in [2.05, 4.69) is 10.2 Å². The monoisotopic (exact) mass is 365 g/mol. The molecular formula is C21H23N3O3. The summed E-state index contributed by atoms with van der Waals surface area (Å²) in [5.74, 6) is 0.267. The van der Waals surface area contributed by atoms with Gasteiger partial charge in [0, 0.05) is 12.4 Å². The number of rotatable bonds is 6. The van der Waals surface area contributed by atoms with Gasteiger partial charge in [-0.05, 0) is 31.5 Å². The van der Waals surface area contributed by atoms with Gasteiger partial charge in [0.25, 0.3) is 5.56 Å². The fourth-order valence-electron chi connectivity index (χ4n) is 3.03. The van der Waals surface area contributed by atoms with Crippen molar-refractivity contribution in [2.45, 2.75) is 19.8 Å². The summed E-state index contributed by atoms with van der Waals surface area (Å²) in [4.78, 5) is 26.4. The summed E-state index contributed by atoms with van der Waals surface area (Å²) in [6.07, 6.45) is 0. The Labute approximate surface area is 157 Å². The van der Waals surface area contributed by atoms with Crippen LogP contribution in [0.3, 0.4) is 0 Å². The Morgan fingerprint density at radius 2 is 1.81 bits per heavy atom. The number of carbonyl (C=O) groups is 1. The number of aryl methyl sites for hydroxylation is 1. The Balaban J connectivity index is 1.69. The van der Waals surface area contributed by atoms with Crippen molar-refractivity contribution in [2.24, 2.45) is 0 Å². The Kier molecular flexibility index (Phi) is 5.54. The average molecular weight is 365 g/mol. The molecule has 1 amide bonds. The van der Waals surface area contributed by atoms with Gasteiger partial charge in [0.1, 0.15) is 12.4 Å². The number of H-pyrrole nitrogens is 1. The molecular weight excluding hydrogens is 342 g/mol. The molecule has 27 heavy (non-hydrogen) atoms. The Morgan fingerprint density at radius 3 is 2.56 bits per heavy atom. The lowest BCUT2D eigenvalue weighted by Crippen LogP contribution is -2.34. The molecule has 0 aliphatic carbocycles. The predicted molar refractivity (Wildman–Crippen MR) is 105 cm³/mol. The van der Waals surface area contributed by atoms with Gasteiger partial charge < -0.3 is 9.64 Å². The van der Waals surface area contributed by atoms with Crippen molar-refractivity contribution in [3.05, 3.63) is 70.1 Å². The molecule has 0 spiro atoms. The maximum atomic E-state index is 12.8. The molecule has 1 N–H and O–H groups in total. The molecule has 1 unspecified atom stereocenters. The molecule has 140 valence electrons. The third-order valence-electron chi connectivity index (χ3n) is 4.66. The van der Waals surface area contributed by atoms with E-state index in [0.717, 1.165) is 11.3 Å². The van der Waals surface area contributed by atoms with Crippen LogP contribution in [0.25, 0.3) is 10.8 Å². The number of carbonyl (C=O) groups excluding carboxylic acids is 1. The first-order valence-electron chi connectivity index (χ1n) is 8.89. The molecule has 0 radical (unpaired) electrons. The number of ether oxygens (including phenoxy) is 1. The molecule has 0 fully saturated rings. The number of hydrogen-bond acceptors (Lipinski definition) is 4. The zero-order valence-corrected chi connectivity index (χ0v) is 15.7. The molecule has 1 heterocycles. The summed E-state index contributed by atoms with van der Waals surface area (Å²) < 4.78 is 5.77. The van der Waals surface area contributed by atoms with Gasteiger partial charge in [-0.1, -0.05) is 36.4 Å². The first kappa shape index (κ1) is 18.6. The van der Waals surface area contributed by atoms with Crippen LogP contribution in [0.5, 0.6) is 5.75 Å². The molecule has 3 aromatic rings. The molecule has 6 heteroatoms. The van der Waals surface area contributed by atoms with E-state index in [4.69, 9.17) is 4.74 Å². The number of aromatic amines is 1. The predicted octanol–water partition coefficient (Wildman–Crippen LogP) is 2.87. The minimum Gasteiger partial charge on any atom is -0.491 e. The topological polar surface area (TPSA) is 75.3 Å². The average Bonchev–Trinajstić information content (AvgIpc) is 2.69. The van der Waals surface area contributed by atoms with E-state index in [1.54, 1.807) is 31.0 Å². The molecule has 0 aliphatic heterocycles. The summed E-state index contributed by atoms with van der Waals surface area (Å²) in [5, 5.41) is 7.86. The van der Waals surface area contributed by atoms with Crippen LogP contribution in [0.2, 0.25) is 0 Å². The van der Waals surface area contributed by atoms with Gasteiger partial charge >= 0.3 is 0 Å². The van der Waals surface area contributed by atoms with E-state index < -0.39 is 5.92 Å². The third-order valence-corrected chi connectivity index (χ3v) is 4.66. The highest BCUT2D eigenvalue weighted by Crippen LogP contribution is 2.22. The van der Waals surface area contributed by atoms with Crippen LogP contribution in [0, 0.1) is 6.92 Å². The van der Waals surface area contributed by atoms with Crippen molar-refractivity contribution in [3.63, 3.8) is 0 Å². The lowest BCUT2D eigenvalue weighted by atomic mass is 10.0. The number of nitrogens with zero attached hydrogens (tertiary/aromatic N) is 2. The number of aromatic nitrogens is 2. The Bertz CT molecular complexity index is 1010. The summed E-state index contributed by atoms with van der Waals surface area (Å²) in [6, 6.07) is 15.0. The largest absolute Gasteiger partial charge is 0.491 e. The standard InChI is InChI=1S/C21H23N3O3/c1-14-8-4-7-11-18(14)27-13-12-24(3)21(26)15(2)19-16-9-5-6-10-17(16)20(25)23-22-19/h4-11,15H,12-13H2,1-3H3,(H,23,25). The second-order valence-electron chi connectivity index (χ2n) is 6.58.